The minimum atomic E-state index is -0.481. The molecule has 0 aliphatic carbocycles. The molecule has 0 fully saturated rings. The van der Waals surface area contributed by atoms with Crippen LogP contribution in [-0.4, -0.2) is 20.4 Å². The Bertz CT molecular complexity index is 926. The number of carbonyl (C=O) groups excluding carboxylic acids is 1. The van der Waals surface area contributed by atoms with Gasteiger partial charge in [-0.2, -0.15) is 0 Å². The molecule has 0 unspecified atom stereocenters. The van der Waals surface area contributed by atoms with E-state index in [9.17, 15) is 9.18 Å². The predicted molar refractivity (Wildman–Crippen MR) is 87.9 cm³/mol. The number of nitrogens with zero attached hydrogens (tertiary/aromatic N) is 3. The van der Waals surface area contributed by atoms with Gasteiger partial charge in [-0.15, -0.1) is 0 Å². The van der Waals surface area contributed by atoms with Crippen LogP contribution < -0.4 is 5.32 Å². The van der Waals surface area contributed by atoms with E-state index in [1.54, 1.807) is 35.4 Å². The molecular formula is C17H12ClFN4O. The molecular weight excluding hydrogens is 331 g/mol. The van der Waals surface area contributed by atoms with Crippen molar-refractivity contribution in [1.82, 2.24) is 14.5 Å². The van der Waals surface area contributed by atoms with Crippen molar-refractivity contribution in [2.75, 3.05) is 5.32 Å². The molecule has 0 spiro atoms. The molecule has 7 heteroatoms. The normalized spacial score (nSPS) is 16.6. The molecule has 3 heterocycles. The molecule has 3 aromatic rings. The van der Waals surface area contributed by atoms with Gasteiger partial charge in [0.05, 0.1) is 17.6 Å². The third kappa shape index (κ3) is 2.45. The number of aromatic nitrogens is 3. The van der Waals surface area contributed by atoms with Crippen molar-refractivity contribution < 1.29 is 9.18 Å². The van der Waals surface area contributed by atoms with Gasteiger partial charge in [0.15, 0.2) is 0 Å². The largest absolute Gasteiger partial charge is 0.310 e. The molecule has 1 aliphatic rings. The van der Waals surface area contributed by atoms with Crippen molar-refractivity contribution in [2.24, 2.45) is 0 Å². The van der Waals surface area contributed by atoms with Crippen LogP contribution in [-0.2, 0) is 4.79 Å². The standard InChI is InChI=1S/C17H12ClFN4O/c18-10-3-4-14(19)12(6-10)13-7-15(24)22-17-16(13)21-9-23(17)11-2-1-5-20-8-11/h1-6,8-9,13H,7H2,(H,22,24)/t13-/m1/s1. The zero-order chi connectivity index (χ0) is 16.7. The van der Waals surface area contributed by atoms with Gasteiger partial charge in [0, 0.05) is 23.6 Å². The van der Waals surface area contributed by atoms with E-state index in [-0.39, 0.29) is 12.3 Å². The zero-order valence-corrected chi connectivity index (χ0v) is 13.2. The van der Waals surface area contributed by atoms with Gasteiger partial charge in [-0.05, 0) is 35.9 Å². The van der Waals surface area contributed by atoms with E-state index in [1.165, 1.54) is 12.1 Å². The lowest BCUT2D eigenvalue weighted by molar-refractivity contribution is -0.116. The minimum absolute atomic E-state index is 0.119. The summed E-state index contributed by atoms with van der Waals surface area (Å²) in [7, 11) is 0. The first kappa shape index (κ1) is 14.8. The Morgan fingerprint density at radius 3 is 3.00 bits per heavy atom. The summed E-state index contributed by atoms with van der Waals surface area (Å²) in [6.07, 6.45) is 5.05. The number of nitrogens with one attached hydrogen (secondary N) is 1. The number of carbonyl (C=O) groups is 1. The van der Waals surface area contributed by atoms with E-state index in [0.29, 0.717) is 22.1 Å². The number of amides is 1. The summed E-state index contributed by atoms with van der Waals surface area (Å²) in [6.45, 7) is 0. The molecule has 120 valence electrons. The molecule has 0 bridgehead atoms. The topological polar surface area (TPSA) is 59.8 Å². The Labute approximate surface area is 142 Å². The summed E-state index contributed by atoms with van der Waals surface area (Å²) in [5.74, 6) is -0.549. The quantitative estimate of drug-likeness (QED) is 0.775. The highest BCUT2D eigenvalue weighted by atomic mass is 35.5. The van der Waals surface area contributed by atoms with Crippen molar-refractivity contribution in [3.63, 3.8) is 0 Å². The highest BCUT2D eigenvalue weighted by molar-refractivity contribution is 6.30. The van der Waals surface area contributed by atoms with Crippen LogP contribution in [0.1, 0.15) is 23.6 Å². The highest BCUT2D eigenvalue weighted by Crippen LogP contribution is 2.38. The van der Waals surface area contributed by atoms with Gasteiger partial charge in [-0.1, -0.05) is 11.6 Å². The van der Waals surface area contributed by atoms with Crippen LogP contribution in [0.3, 0.4) is 0 Å². The van der Waals surface area contributed by atoms with Crippen molar-refractivity contribution in [2.45, 2.75) is 12.3 Å². The Hall–Kier alpha value is -2.73. The molecule has 0 radical (unpaired) electrons. The lowest BCUT2D eigenvalue weighted by Gasteiger charge is -2.23. The number of hydrogen-bond acceptors (Lipinski definition) is 3. The van der Waals surface area contributed by atoms with Crippen LogP contribution in [0.25, 0.3) is 5.69 Å². The summed E-state index contributed by atoms with van der Waals surface area (Å²) < 4.78 is 16.0. The second kappa shape index (κ2) is 5.72. The SMILES string of the molecule is O=C1C[C@H](c2cc(Cl)ccc2F)c2ncn(-c3cccnc3)c2N1. The molecule has 4 rings (SSSR count). The third-order valence-electron chi connectivity index (χ3n) is 4.03. The second-order valence-electron chi connectivity index (χ2n) is 5.53. The Balaban J connectivity index is 1.86. The molecule has 0 saturated heterocycles. The maximum atomic E-state index is 14.3. The molecule has 1 amide bonds. The van der Waals surface area contributed by atoms with E-state index in [4.69, 9.17) is 11.6 Å². The Morgan fingerprint density at radius 1 is 1.33 bits per heavy atom. The number of hydrogen-bond donors (Lipinski definition) is 1. The number of fused-ring (bicyclic) bond motifs is 1. The van der Waals surface area contributed by atoms with E-state index in [2.05, 4.69) is 15.3 Å². The summed E-state index contributed by atoms with van der Waals surface area (Å²) in [5.41, 5.74) is 1.74. The monoisotopic (exact) mass is 342 g/mol. The second-order valence-corrected chi connectivity index (χ2v) is 5.97. The Morgan fingerprint density at radius 2 is 2.21 bits per heavy atom. The first-order chi connectivity index (χ1) is 11.6. The fourth-order valence-electron chi connectivity index (χ4n) is 2.94. The predicted octanol–water partition coefficient (Wildman–Crippen LogP) is 3.53. The zero-order valence-electron chi connectivity index (χ0n) is 12.4. The fraction of sp³-hybridized carbons (Fsp3) is 0.118. The van der Waals surface area contributed by atoms with Gasteiger partial charge in [0.2, 0.25) is 5.91 Å². The van der Waals surface area contributed by atoms with Crippen LogP contribution in [0.15, 0.2) is 49.1 Å². The van der Waals surface area contributed by atoms with Gasteiger partial charge in [0.25, 0.3) is 0 Å². The number of imidazole rings is 1. The molecule has 1 aromatic carbocycles. The van der Waals surface area contributed by atoms with E-state index in [0.717, 1.165) is 5.69 Å². The van der Waals surface area contributed by atoms with Gasteiger partial charge in [-0.25, -0.2) is 9.37 Å². The van der Waals surface area contributed by atoms with Crippen LogP contribution in [0.4, 0.5) is 10.2 Å². The number of pyridine rings is 1. The number of anilines is 1. The van der Waals surface area contributed by atoms with E-state index < -0.39 is 11.7 Å². The maximum Gasteiger partial charge on any atom is 0.226 e. The highest BCUT2D eigenvalue weighted by Gasteiger charge is 2.32. The lowest BCUT2D eigenvalue weighted by Crippen LogP contribution is -2.25. The van der Waals surface area contributed by atoms with Crippen LogP contribution >= 0.6 is 11.6 Å². The summed E-state index contributed by atoms with van der Waals surface area (Å²) in [4.78, 5) is 20.6. The lowest BCUT2D eigenvalue weighted by atomic mass is 9.89. The van der Waals surface area contributed by atoms with Gasteiger partial charge >= 0.3 is 0 Å². The van der Waals surface area contributed by atoms with Crippen LogP contribution in [0, 0.1) is 5.82 Å². The average Bonchev–Trinajstić information content (AvgIpc) is 3.01. The Kier molecular flexibility index (Phi) is 3.54. The number of rotatable bonds is 2. The first-order valence-electron chi connectivity index (χ1n) is 7.36. The van der Waals surface area contributed by atoms with Crippen molar-refractivity contribution >= 4 is 23.3 Å². The fourth-order valence-corrected chi connectivity index (χ4v) is 3.12. The summed E-state index contributed by atoms with van der Waals surface area (Å²) in [6, 6.07) is 7.98. The molecule has 1 N–H and O–H groups in total. The average molecular weight is 343 g/mol. The third-order valence-corrected chi connectivity index (χ3v) is 4.27. The van der Waals surface area contributed by atoms with Crippen LogP contribution in [0.5, 0.6) is 0 Å². The first-order valence-corrected chi connectivity index (χ1v) is 7.73. The number of halogens is 2. The van der Waals surface area contributed by atoms with E-state index in [1.807, 2.05) is 6.07 Å². The minimum Gasteiger partial charge on any atom is -0.310 e. The summed E-state index contributed by atoms with van der Waals surface area (Å²) >= 11 is 6.00. The number of benzene rings is 1. The smallest absolute Gasteiger partial charge is 0.226 e. The molecule has 1 atom stereocenters. The summed E-state index contributed by atoms with van der Waals surface area (Å²) in [5, 5.41) is 3.24. The van der Waals surface area contributed by atoms with Gasteiger partial charge in [-0.3, -0.25) is 14.3 Å². The van der Waals surface area contributed by atoms with Gasteiger partial charge < -0.3 is 5.32 Å². The van der Waals surface area contributed by atoms with Gasteiger partial charge in [0.1, 0.15) is 18.0 Å². The van der Waals surface area contributed by atoms with Crippen molar-refractivity contribution in [1.29, 1.82) is 0 Å². The molecule has 0 saturated carbocycles. The molecule has 5 nitrogen and oxygen atoms in total. The molecule has 2 aromatic heterocycles. The molecule has 24 heavy (non-hydrogen) atoms. The molecule has 1 aliphatic heterocycles. The van der Waals surface area contributed by atoms with E-state index >= 15 is 0 Å². The van der Waals surface area contributed by atoms with Crippen molar-refractivity contribution in [3.05, 3.63) is 71.2 Å². The van der Waals surface area contributed by atoms with Crippen LogP contribution in [0.2, 0.25) is 5.02 Å². The maximum absolute atomic E-state index is 14.3. The van der Waals surface area contributed by atoms with Crippen molar-refractivity contribution in [3.8, 4) is 5.69 Å².